The van der Waals surface area contributed by atoms with Crippen LogP contribution in [0.4, 0.5) is 11.4 Å². The second kappa shape index (κ2) is 6.37. The van der Waals surface area contributed by atoms with Gasteiger partial charge in [0.05, 0.1) is 12.0 Å². The van der Waals surface area contributed by atoms with Gasteiger partial charge in [-0.05, 0) is 36.4 Å². The Balaban J connectivity index is 1.95. The van der Waals surface area contributed by atoms with Gasteiger partial charge in [-0.2, -0.15) is 4.98 Å². The molecule has 0 amide bonds. The van der Waals surface area contributed by atoms with Gasteiger partial charge < -0.3 is 14.6 Å². The molecule has 3 rings (SSSR count). The summed E-state index contributed by atoms with van der Waals surface area (Å²) in [4.78, 5) is 15.0. The van der Waals surface area contributed by atoms with Gasteiger partial charge in [-0.25, -0.2) is 0 Å². The number of nitrogens with one attached hydrogen (secondary N) is 1. The first-order chi connectivity index (χ1) is 11.6. The van der Waals surface area contributed by atoms with Crippen molar-refractivity contribution in [3.05, 3.63) is 52.6 Å². The minimum absolute atomic E-state index is 0.0563. The van der Waals surface area contributed by atoms with E-state index in [9.17, 15) is 10.1 Å². The number of hydrogen-bond donors (Lipinski definition) is 1. The Morgan fingerprint density at radius 3 is 2.50 bits per heavy atom. The van der Waals surface area contributed by atoms with Crippen molar-refractivity contribution in [2.75, 3.05) is 19.5 Å². The van der Waals surface area contributed by atoms with Gasteiger partial charge in [-0.3, -0.25) is 10.1 Å². The molecule has 0 aliphatic rings. The summed E-state index contributed by atoms with van der Waals surface area (Å²) >= 11 is 0. The van der Waals surface area contributed by atoms with E-state index in [1.165, 1.54) is 6.07 Å². The second-order valence-corrected chi connectivity index (χ2v) is 4.89. The zero-order chi connectivity index (χ0) is 17.1. The molecule has 0 aliphatic carbocycles. The van der Waals surface area contributed by atoms with Gasteiger partial charge in [-0.1, -0.05) is 5.16 Å². The topological polar surface area (TPSA) is 103 Å². The summed E-state index contributed by atoms with van der Waals surface area (Å²) in [6.07, 6.45) is 0. The Bertz CT molecular complexity index is 874. The molecule has 0 aliphatic heterocycles. The normalized spacial score (nSPS) is 10.4. The van der Waals surface area contributed by atoms with Crippen LogP contribution in [0, 0.1) is 10.1 Å². The molecule has 1 aromatic heterocycles. The van der Waals surface area contributed by atoms with Crippen LogP contribution in [0.5, 0.6) is 5.75 Å². The summed E-state index contributed by atoms with van der Waals surface area (Å²) in [6, 6.07) is 11.9. The average molecular weight is 326 g/mol. The molecule has 1 heterocycles. The number of nitro groups is 1. The fourth-order valence-electron chi connectivity index (χ4n) is 2.23. The van der Waals surface area contributed by atoms with Crippen LogP contribution < -0.4 is 10.1 Å². The van der Waals surface area contributed by atoms with Crippen molar-refractivity contribution in [3.63, 3.8) is 0 Å². The van der Waals surface area contributed by atoms with E-state index in [-0.39, 0.29) is 11.6 Å². The number of nitrogens with zero attached hydrogens (tertiary/aromatic N) is 3. The lowest BCUT2D eigenvalue weighted by molar-refractivity contribution is -0.383. The van der Waals surface area contributed by atoms with Gasteiger partial charge in [0.15, 0.2) is 0 Å². The highest BCUT2D eigenvalue weighted by Gasteiger charge is 2.17. The highest BCUT2D eigenvalue weighted by atomic mass is 16.6. The van der Waals surface area contributed by atoms with Gasteiger partial charge >= 0.3 is 0 Å². The fourth-order valence-corrected chi connectivity index (χ4v) is 2.23. The molecule has 3 aromatic rings. The predicted molar refractivity (Wildman–Crippen MR) is 87.9 cm³/mol. The highest BCUT2D eigenvalue weighted by Crippen LogP contribution is 2.30. The van der Waals surface area contributed by atoms with Gasteiger partial charge in [0, 0.05) is 24.2 Å². The number of methoxy groups -OCH3 is 1. The lowest BCUT2D eigenvalue weighted by atomic mass is 10.1. The monoisotopic (exact) mass is 326 g/mol. The van der Waals surface area contributed by atoms with Crippen LogP contribution in [0.1, 0.15) is 0 Å². The Hall–Kier alpha value is -3.42. The average Bonchev–Trinajstić information content (AvgIpc) is 3.11. The lowest BCUT2D eigenvalue weighted by Gasteiger charge is -2.02. The van der Waals surface area contributed by atoms with Gasteiger partial charge in [0.25, 0.3) is 11.6 Å². The third-order valence-electron chi connectivity index (χ3n) is 3.48. The van der Waals surface area contributed by atoms with Crippen LogP contribution in [-0.4, -0.2) is 29.2 Å². The summed E-state index contributed by atoms with van der Waals surface area (Å²) < 4.78 is 10.3. The number of benzene rings is 2. The summed E-state index contributed by atoms with van der Waals surface area (Å²) in [5, 5.41) is 17.8. The predicted octanol–water partition coefficient (Wildman–Crippen LogP) is 3.36. The fraction of sp³-hybridized carbons (Fsp3) is 0.125. The minimum Gasteiger partial charge on any atom is -0.497 e. The quantitative estimate of drug-likeness (QED) is 0.566. The number of aromatic nitrogens is 2. The van der Waals surface area contributed by atoms with E-state index < -0.39 is 4.92 Å². The SMILES string of the molecule is CNc1ccc(-c2nc(-c3ccc(OC)cc3)no2)cc1[N+](=O)[O-]. The van der Waals surface area contributed by atoms with E-state index in [2.05, 4.69) is 15.5 Å². The molecule has 0 fully saturated rings. The summed E-state index contributed by atoms with van der Waals surface area (Å²) in [7, 11) is 3.21. The molecule has 0 saturated carbocycles. The van der Waals surface area contributed by atoms with Crippen LogP contribution in [-0.2, 0) is 0 Å². The maximum atomic E-state index is 11.1. The van der Waals surface area contributed by atoms with E-state index in [4.69, 9.17) is 9.26 Å². The summed E-state index contributed by atoms with van der Waals surface area (Å²) in [5.41, 5.74) is 1.60. The first kappa shape index (κ1) is 15.5. The van der Waals surface area contributed by atoms with Crippen molar-refractivity contribution >= 4 is 11.4 Å². The zero-order valence-electron chi connectivity index (χ0n) is 13.0. The van der Waals surface area contributed by atoms with Crippen molar-refractivity contribution in [2.24, 2.45) is 0 Å². The molecule has 0 radical (unpaired) electrons. The minimum atomic E-state index is -0.462. The van der Waals surface area contributed by atoms with Gasteiger partial charge in [-0.15, -0.1) is 0 Å². The zero-order valence-corrected chi connectivity index (χ0v) is 13.0. The van der Waals surface area contributed by atoms with Crippen molar-refractivity contribution in [3.8, 4) is 28.6 Å². The van der Waals surface area contributed by atoms with E-state index >= 15 is 0 Å². The van der Waals surface area contributed by atoms with Crippen LogP contribution in [0.3, 0.4) is 0 Å². The van der Waals surface area contributed by atoms with Crippen LogP contribution >= 0.6 is 0 Å². The standard InChI is InChI=1S/C16H14N4O4/c1-17-13-8-5-11(9-14(13)20(21)22)16-18-15(19-24-16)10-3-6-12(23-2)7-4-10/h3-9,17H,1-2H3. The van der Waals surface area contributed by atoms with E-state index in [0.29, 0.717) is 17.1 Å². The van der Waals surface area contributed by atoms with Crippen molar-refractivity contribution in [1.29, 1.82) is 0 Å². The van der Waals surface area contributed by atoms with Gasteiger partial charge in [0.2, 0.25) is 5.82 Å². The number of anilines is 1. The molecule has 0 bridgehead atoms. The molecule has 24 heavy (non-hydrogen) atoms. The third-order valence-corrected chi connectivity index (χ3v) is 3.48. The Morgan fingerprint density at radius 2 is 1.88 bits per heavy atom. The van der Waals surface area contributed by atoms with Crippen LogP contribution in [0.15, 0.2) is 47.0 Å². The van der Waals surface area contributed by atoms with Crippen LogP contribution in [0.25, 0.3) is 22.8 Å². The molecule has 0 unspecified atom stereocenters. The maximum Gasteiger partial charge on any atom is 0.293 e. The van der Waals surface area contributed by atoms with Crippen molar-refractivity contribution in [2.45, 2.75) is 0 Å². The Kier molecular flexibility index (Phi) is 4.11. The van der Waals surface area contributed by atoms with E-state index in [0.717, 1.165) is 11.3 Å². The smallest absolute Gasteiger partial charge is 0.293 e. The van der Waals surface area contributed by atoms with Crippen molar-refractivity contribution < 1.29 is 14.2 Å². The summed E-state index contributed by atoms with van der Waals surface area (Å²) in [6.45, 7) is 0. The van der Waals surface area contributed by atoms with Crippen molar-refractivity contribution in [1.82, 2.24) is 10.1 Å². The molecule has 8 nitrogen and oxygen atoms in total. The van der Waals surface area contributed by atoms with Crippen LogP contribution in [0.2, 0.25) is 0 Å². The molecule has 0 atom stereocenters. The largest absolute Gasteiger partial charge is 0.497 e. The maximum absolute atomic E-state index is 11.1. The first-order valence-electron chi connectivity index (χ1n) is 7.07. The third kappa shape index (κ3) is 2.89. The molecule has 2 aromatic carbocycles. The molecular formula is C16H14N4O4. The molecule has 1 N–H and O–H groups in total. The second-order valence-electron chi connectivity index (χ2n) is 4.89. The Morgan fingerprint density at radius 1 is 1.17 bits per heavy atom. The van der Waals surface area contributed by atoms with E-state index in [1.54, 1.807) is 50.6 Å². The summed E-state index contributed by atoms with van der Waals surface area (Å²) in [5.74, 6) is 1.33. The lowest BCUT2D eigenvalue weighted by Crippen LogP contribution is -1.96. The molecule has 8 heteroatoms. The molecular weight excluding hydrogens is 312 g/mol. The number of ether oxygens (including phenoxy) is 1. The first-order valence-corrected chi connectivity index (χ1v) is 7.07. The number of hydrogen-bond acceptors (Lipinski definition) is 7. The molecule has 0 spiro atoms. The van der Waals surface area contributed by atoms with E-state index in [1.807, 2.05) is 0 Å². The highest BCUT2D eigenvalue weighted by molar-refractivity contribution is 5.70. The molecule has 0 saturated heterocycles. The molecule has 122 valence electrons. The van der Waals surface area contributed by atoms with Gasteiger partial charge in [0.1, 0.15) is 11.4 Å². The Labute approximate surface area is 137 Å². The number of rotatable bonds is 5. The number of nitro benzene ring substituents is 1.